The largest absolute Gasteiger partial charge is 0.350 e. The van der Waals surface area contributed by atoms with Gasteiger partial charge in [0.1, 0.15) is 5.65 Å². The molecule has 0 aliphatic heterocycles. The van der Waals surface area contributed by atoms with Crippen molar-refractivity contribution in [2.45, 2.75) is 18.4 Å². The Morgan fingerprint density at radius 3 is 2.88 bits per heavy atom. The van der Waals surface area contributed by atoms with Crippen molar-refractivity contribution in [1.29, 1.82) is 0 Å². The second-order valence-corrected chi connectivity index (χ2v) is 6.34. The van der Waals surface area contributed by atoms with E-state index in [1.165, 1.54) is 6.07 Å². The lowest BCUT2D eigenvalue weighted by atomic mass is 10.3. The van der Waals surface area contributed by atoms with Gasteiger partial charge in [0.25, 0.3) is 0 Å². The molecule has 2 heterocycles. The number of carbonyl (C=O) groups is 1. The zero-order valence-corrected chi connectivity index (χ0v) is 13.7. The number of carbonyl (C=O) groups excluding carboxylic acids is 1. The highest BCUT2D eigenvalue weighted by atomic mass is 32.2. The molecule has 4 nitrogen and oxygen atoms in total. The molecule has 0 bridgehead atoms. The van der Waals surface area contributed by atoms with Gasteiger partial charge in [-0.2, -0.15) is 0 Å². The molecule has 0 saturated carbocycles. The number of rotatable bonds is 5. The lowest BCUT2D eigenvalue weighted by Gasteiger charge is -2.04. The Bertz CT molecular complexity index is 895. The summed E-state index contributed by atoms with van der Waals surface area (Å²) in [5, 5.41) is 2.77. The molecule has 0 saturated heterocycles. The van der Waals surface area contributed by atoms with Crippen LogP contribution in [-0.2, 0) is 11.3 Å². The molecule has 0 atom stereocenters. The number of hydrogen-bond acceptors (Lipinski definition) is 3. The smallest absolute Gasteiger partial charge is 0.230 e. The summed E-state index contributed by atoms with van der Waals surface area (Å²) in [5.41, 5.74) is 2.68. The molecule has 0 aliphatic rings. The first kappa shape index (κ1) is 16.4. The average Bonchev–Trinajstić information content (AvgIpc) is 2.99. The molecule has 3 rings (SSSR count). The predicted octanol–water partition coefficient (Wildman–Crippen LogP) is 3.33. The first-order valence-electron chi connectivity index (χ1n) is 7.30. The molecule has 124 valence electrons. The van der Waals surface area contributed by atoms with Gasteiger partial charge in [-0.1, -0.05) is 6.07 Å². The minimum absolute atomic E-state index is 0.122. The van der Waals surface area contributed by atoms with Crippen molar-refractivity contribution >= 4 is 23.3 Å². The van der Waals surface area contributed by atoms with E-state index < -0.39 is 11.6 Å². The first-order chi connectivity index (χ1) is 11.5. The summed E-state index contributed by atoms with van der Waals surface area (Å²) in [7, 11) is 0. The number of nitrogens with zero attached hydrogens (tertiary/aromatic N) is 2. The SMILES string of the molecule is Cc1cccn2cc(CNC(=O)CSc3ccc(F)c(F)c3)nc12. The molecule has 7 heteroatoms. The molecule has 0 spiro atoms. The van der Waals surface area contributed by atoms with Gasteiger partial charge in [-0.3, -0.25) is 4.79 Å². The van der Waals surface area contributed by atoms with Crippen molar-refractivity contribution in [2.24, 2.45) is 0 Å². The van der Waals surface area contributed by atoms with E-state index in [9.17, 15) is 13.6 Å². The Kier molecular flexibility index (Phi) is 4.80. The number of imidazole rings is 1. The van der Waals surface area contributed by atoms with Crippen molar-refractivity contribution in [3.8, 4) is 0 Å². The second-order valence-electron chi connectivity index (χ2n) is 5.30. The molecule has 0 radical (unpaired) electrons. The quantitative estimate of drug-likeness (QED) is 0.720. The van der Waals surface area contributed by atoms with Crippen LogP contribution >= 0.6 is 11.8 Å². The summed E-state index contributed by atoms with van der Waals surface area (Å²) in [5.74, 6) is -1.89. The minimum atomic E-state index is -0.916. The maximum absolute atomic E-state index is 13.1. The van der Waals surface area contributed by atoms with Crippen LogP contribution in [0.15, 0.2) is 47.6 Å². The maximum atomic E-state index is 13.1. The van der Waals surface area contributed by atoms with E-state index in [1.54, 1.807) is 0 Å². The van der Waals surface area contributed by atoms with Crippen LogP contribution < -0.4 is 5.32 Å². The monoisotopic (exact) mass is 347 g/mol. The van der Waals surface area contributed by atoms with Gasteiger partial charge >= 0.3 is 0 Å². The Hall–Kier alpha value is -2.41. The highest BCUT2D eigenvalue weighted by Crippen LogP contribution is 2.20. The summed E-state index contributed by atoms with van der Waals surface area (Å²) < 4.78 is 27.9. The van der Waals surface area contributed by atoms with E-state index >= 15 is 0 Å². The Morgan fingerprint density at radius 1 is 1.29 bits per heavy atom. The normalized spacial score (nSPS) is 11.0. The third-order valence-corrected chi connectivity index (χ3v) is 4.45. The van der Waals surface area contributed by atoms with Crippen LogP contribution in [0, 0.1) is 18.6 Å². The van der Waals surface area contributed by atoms with Crippen LogP contribution in [-0.4, -0.2) is 21.0 Å². The predicted molar refractivity (Wildman–Crippen MR) is 88.9 cm³/mol. The zero-order valence-electron chi connectivity index (χ0n) is 12.9. The van der Waals surface area contributed by atoms with Crippen molar-refractivity contribution in [1.82, 2.24) is 14.7 Å². The van der Waals surface area contributed by atoms with Gasteiger partial charge in [-0.15, -0.1) is 11.8 Å². The fourth-order valence-electron chi connectivity index (χ4n) is 2.25. The molecule has 3 aromatic rings. The van der Waals surface area contributed by atoms with E-state index in [0.717, 1.165) is 40.8 Å². The van der Waals surface area contributed by atoms with Crippen LogP contribution in [0.5, 0.6) is 0 Å². The van der Waals surface area contributed by atoms with Crippen LogP contribution in [0.3, 0.4) is 0 Å². The van der Waals surface area contributed by atoms with Crippen molar-refractivity contribution in [3.63, 3.8) is 0 Å². The first-order valence-corrected chi connectivity index (χ1v) is 8.29. The fourth-order valence-corrected chi connectivity index (χ4v) is 3.00. The molecule has 0 unspecified atom stereocenters. The van der Waals surface area contributed by atoms with Crippen molar-refractivity contribution in [3.05, 3.63) is 65.6 Å². The lowest BCUT2D eigenvalue weighted by Crippen LogP contribution is -2.24. The number of thioether (sulfide) groups is 1. The number of nitrogens with one attached hydrogen (secondary N) is 1. The second kappa shape index (κ2) is 7.00. The molecule has 1 N–H and O–H groups in total. The molecule has 0 fully saturated rings. The van der Waals surface area contributed by atoms with E-state index in [2.05, 4.69) is 10.3 Å². The van der Waals surface area contributed by atoms with Crippen LogP contribution in [0.2, 0.25) is 0 Å². The van der Waals surface area contributed by atoms with E-state index in [0.29, 0.717) is 11.4 Å². The summed E-state index contributed by atoms with van der Waals surface area (Å²) in [6, 6.07) is 7.49. The van der Waals surface area contributed by atoms with Crippen LogP contribution in [0.4, 0.5) is 8.78 Å². The number of halogens is 2. The highest BCUT2D eigenvalue weighted by Gasteiger charge is 2.08. The van der Waals surface area contributed by atoms with E-state index in [4.69, 9.17) is 0 Å². The number of fused-ring (bicyclic) bond motifs is 1. The van der Waals surface area contributed by atoms with Gasteiger partial charge in [-0.25, -0.2) is 13.8 Å². The van der Waals surface area contributed by atoms with Gasteiger partial charge in [0.2, 0.25) is 5.91 Å². The Morgan fingerprint density at radius 2 is 2.12 bits per heavy atom. The van der Waals surface area contributed by atoms with Crippen molar-refractivity contribution in [2.75, 3.05) is 5.75 Å². The zero-order chi connectivity index (χ0) is 17.1. The van der Waals surface area contributed by atoms with Gasteiger partial charge in [-0.05, 0) is 36.8 Å². The molecule has 2 aromatic heterocycles. The van der Waals surface area contributed by atoms with Gasteiger partial charge in [0.15, 0.2) is 11.6 Å². The third-order valence-electron chi connectivity index (χ3n) is 3.46. The Balaban J connectivity index is 1.54. The summed E-state index contributed by atoms with van der Waals surface area (Å²) in [6.45, 7) is 2.29. The molecule has 1 amide bonds. The van der Waals surface area contributed by atoms with Gasteiger partial charge < -0.3 is 9.72 Å². The molecule has 0 aliphatic carbocycles. The number of amides is 1. The van der Waals surface area contributed by atoms with Crippen LogP contribution in [0.25, 0.3) is 5.65 Å². The Labute approximate surface area is 141 Å². The van der Waals surface area contributed by atoms with Crippen molar-refractivity contribution < 1.29 is 13.6 Å². The number of aromatic nitrogens is 2. The number of aryl methyl sites for hydroxylation is 1. The van der Waals surface area contributed by atoms with E-state index in [1.807, 2.05) is 35.9 Å². The summed E-state index contributed by atoms with van der Waals surface area (Å²) in [4.78, 5) is 16.9. The standard InChI is InChI=1S/C17H15F2N3OS/c1-11-3-2-6-22-9-12(21-17(11)22)8-20-16(23)10-24-13-4-5-14(18)15(19)7-13/h2-7,9H,8,10H2,1H3,(H,20,23). The maximum Gasteiger partial charge on any atom is 0.230 e. The van der Waals surface area contributed by atoms with Gasteiger partial charge in [0, 0.05) is 17.3 Å². The topological polar surface area (TPSA) is 46.4 Å². The lowest BCUT2D eigenvalue weighted by molar-refractivity contribution is -0.118. The minimum Gasteiger partial charge on any atom is -0.350 e. The molecular formula is C17H15F2N3OS. The third kappa shape index (κ3) is 3.73. The number of hydrogen-bond donors (Lipinski definition) is 1. The number of pyridine rings is 1. The molecular weight excluding hydrogens is 332 g/mol. The molecule has 24 heavy (non-hydrogen) atoms. The summed E-state index contributed by atoms with van der Waals surface area (Å²) >= 11 is 1.15. The summed E-state index contributed by atoms with van der Waals surface area (Å²) in [6.07, 6.45) is 3.77. The highest BCUT2D eigenvalue weighted by molar-refractivity contribution is 8.00. The van der Waals surface area contributed by atoms with Crippen LogP contribution in [0.1, 0.15) is 11.3 Å². The molecule has 1 aromatic carbocycles. The van der Waals surface area contributed by atoms with E-state index in [-0.39, 0.29) is 11.7 Å². The average molecular weight is 347 g/mol. The number of benzene rings is 1. The fraction of sp³-hybridized carbons (Fsp3) is 0.176. The van der Waals surface area contributed by atoms with Gasteiger partial charge in [0.05, 0.1) is 18.0 Å².